The Balaban J connectivity index is 2.07. The highest BCUT2D eigenvalue weighted by molar-refractivity contribution is 5.44. The Morgan fingerprint density at radius 2 is 2.09 bits per heavy atom. The summed E-state index contributed by atoms with van der Waals surface area (Å²) in [6, 6.07) is 5.59. The average molecular weight is 300 g/mol. The minimum absolute atomic E-state index is 0.123. The van der Waals surface area contributed by atoms with Crippen LogP contribution in [0.1, 0.15) is 50.7 Å². The van der Waals surface area contributed by atoms with Crippen LogP contribution >= 0.6 is 0 Å². The molecule has 2 aliphatic carbocycles. The van der Waals surface area contributed by atoms with Gasteiger partial charge in [0.15, 0.2) is 5.60 Å². The van der Waals surface area contributed by atoms with Gasteiger partial charge in [0.2, 0.25) is 0 Å². The van der Waals surface area contributed by atoms with Gasteiger partial charge in [0.25, 0.3) is 0 Å². The maximum atomic E-state index is 10.7. The zero-order valence-electron chi connectivity index (χ0n) is 13.3. The van der Waals surface area contributed by atoms with Crippen molar-refractivity contribution < 1.29 is 15.3 Å². The average Bonchev–Trinajstić information content (AvgIpc) is 2.48. The van der Waals surface area contributed by atoms with E-state index in [-0.39, 0.29) is 5.41 Å². The van der Waals surface area contributed by atoms with Gasteiger partial charge in [-0.1, -0.05) is 18.9 Å². The Bertz CT molecular complexity index is 642. The molecule has 22 heavy (non-hydrogen) atoms. The number of phenolic OH excluding ortho intramolecular Hbond substituents is 1. The van der Waals surface area contributed by atoms with Gasteiger partial charge >= 0.3 is 0 Å². The molecule has 1 fully saturated rings. The molecule has 0 amide bonds. The van der Waals surface area contributed by atoms with Gasteiger partial charge in [0.05, 0.1) is 6.10 Å². The van der Waals surface area contributed by atoms with E-state index in [0.29, 0.717) is 24.5 Å². The summed E-state index contributed by atoms with van der Waals surface area (Å²) in [5.41, 5.74) is 1.00. The number of benzene rings is 1. The third-order valence-electron chi connectivity index (χ3n) is 5.81. The molecule has 118 valence electrons. The van der Waals surface area contributed by atoms with Crippen LogP contribution in [0.3, 0.4) is 0 Å². The lowest BCUT2D eigenvalue weighted by Crippen LogP contribution is -2.57. The summed E-state index contributed by atoms with van der Waals surface area (Å²) in [5, 5.41) is 31.0. The Labute approximate surface area is 132 Å². The van der Waals surface area contributed by atoms with Crippen LogP contribution in [0.2, 0.25) is 0 Å². The first-order valence-corrected chi connectivity index (χ1v) is 8.12. The molecule has 0 aromatic heterocycles. The smallest absolute Gasteiger partial charge is 0.151 e. The highest BCUT2D eigenvalue weighted by Crippen LogP contribution is 2.54. The molecule has 3 heteroatoms. The van der Waals surface area contributed by atoms with E-state index in [1.807, 2.05) is 12.1 Å². The molecule has 1 saturated carbocycles. The molecule has 0 bridgehead atoms. The van der Waals surface area contributed by atoms with Gasteiger partial charge in [-0.25, -0.2) is 0 Å². The quantitative estimate of drug-likeness (QED) is 0.698. The van der Waals surface area contributed by atoms with Gasteiger partial charge < -0.3 is 15.3 Å². The molecule has 1 aromatic carbocycles. The number of rotatable bonds is 1. The first kappa shape index (κ1) is 15.4. The number of hydrogen-bond acceptors (Lipinski definition) is 3. The van der Waals surface area contributed by atoms with Gasteiger partial charge in [-0.15, -0.1) is 5.92 Å². The number of aromatic hydroxyl groups is 1. The van der Waals surface area contributed by atoms with Gasteiger partial charge in [-0.3, -0.25) is 0 Å². The van der Waals surface area contributed by atoms with E-state index in [2.05, 4.69) is 18.8 Å². The number of aliphatic hydroxyl groups excluding tert-OH is 1. The number of phenols is 1. The SMILES string of the molecule is CC#CC1(O)C[C@H]2CCc3cc(O)ccc3C2(CC)CC1O. The van der Waals surface area contributed by atoms with Gasteiger partial charge in [0, 0.05) is 5.41 Å². The standard InChI is InChI=1S/C19H24O3/c1-3-9-19(22)11-14-6-5-13-10-15(20)7-8-16(13)18(14,4-2)12-17(19)21/h7-8,10,14,17,20-22H,4-6,11-12H2,1-2H3/t14-,17?,18?,19?/m1/s1. The van der Waals surface area contributed by atoms with Crippen molar-refractivity contribution in [3.63, 3.8) is 0 Å². The predicted molar refractivity (Wildman–Crippen MR) is 85.5 cm³/mol. The number of hydrogen-bond donors (Lipinski definition) is 3. The summed E-state index contributed by atoms with van der Waals surface area (Å²) in [6.07, 6.45) is 2.99. The first-order valence-electron chi connectivity index (χ1n) is 8.12. The van der Waals surface area contributed by atoms with Crippen molar-refractivity contribution in [1.29, 1.82) is 0 Å². The predicted octanol–water partition coefficient (Wildman–Crippen LogP) is 2.51. The van der Waals surface area contributed by atoms with Crippen LogP contribution in [0.15, 0.2) is 18.2 Å². The summed E-state index contributed by atoms with van der Waals surface area (Å²) >= 11 is 0. The molecule has 2 aliphatic rings. The Morgan fingerprint density at radius 1 is 1.32 bits per heavy atom. The van der Waals surface area contributed by atoms with E-state index in [4.69, 9.17) is 0 Å². The summed E-state index contributed by atoms with van der Waals surface area (Å²) in [5.74, 6) is 6.21. The molecule has 0 saturated heterocycles. The number of aryl methyl sites for hydroxylation is 1. The lowest BCUT2D eigenvalue weighted by Gasteiger charge is -2.53. The third-order valence-corrected chi connectivity index (χ3v) is 5.81. The van der Waals surface area contributed by atoms with E-state index in [1.165, 1.54) is 11.1 Å². The van der Waals surface area contributed by atoms with Gasteiger partial charge in [0.1, 0.15) is 5.75 Å². The second-order valence-electron chi connectivity index (χ2n) is 6.81. The van der Waals surface area contributed by atoms with Crippen LogP contribution in [0, 0.1) is 17.8 Å². The van der Waals surface area contributed by atoms with Crippen LogP contribution < -0.4 is 0 Å². The Hall–Kier alpha value is -1.50. The zero-order valence-corrected chi connectivity index (χ0v) is 13.3. The molecule has 3 rings (SSSR count). The van der Waals surface area contributed by atoms with E-state index in [9.17, 15) is 15.3 Å². The molecular formula is C19H24O3. The summed E-state index contributed by atoms with van der Waals surface area (Å²) in [4.78, 5) is 0. The molecule has 3 unspecified atom stereocenters. The van der Waals surface area contributed by atoms with Crippen molar-refractivity contribution in [2.75, 3.05) is 0 Å². The fraction of sp³-hybridized carbons (Fsp3) is 0.579. The highest BCUT2D eigenvalue weighted by atomic mass is 16.3. The van der Waals surface area contributed by atoms with E-state index < -0.39 is 11.7 Å². The highest BCUT2D eigenvalue weighted by Gasteiger charge is 2.54. The summed E-state index contributed by atoms with van der Waals surface area (Å²) in [6.45, 7) is 3.85. The molecule has 3 N–H and O–H groups in total. The molecule has 3 nitrogen and oxygen atoms in total. The van der Waals surface area contributed by atoms with Crippen molar-refractivity contribution in [2.45, 2.75) is 63.1 Å². The van der Waals surface area contributed by atoms with Crippen LogP contribution in [0.25, 0.3) is 0 Å². The molecule has 0 spiro atoms. The monoisotopic (exact) mass is 300 g/mol. The molecular weight excluding hydrogens is 276 g/mol. The molecule has 0 radical (unpaired) electrons. The minimum atomic E-state index is -1.29. The Morgan fingerprint density at radius 3 is 2.77 bits per heavy atom. The minimum Gasteiger partial charge on any atom is -0.508 e. The normalized spacial score (nSPS) is 36.7. The van der Waals surface area contributed by atoms with Crippen molar-refractivity contribution in [2.24, 2.45) is 5.92 Å². The van der Waals surface area contributed by atoms with Crippen molar-refractivity contribution >= 4 is 0 Å². The van der Waals surface area contributed by atoms with E-state index in [0.717, 1.165) is 19.3 Å². The largest absolute Gasteiger partial charge is 0.508 e. The van der Waals surface area contributed by atoms with E-state index >= 15 is 0 Å². The molecule has 0 heterocycles. The number of aliphatic hydroxyl groups is 2. The van der Waals surface area contributed by atoms with Crippen LogP contribution in [0.4, 0.5) is 0 Å². The molecule has 1 aromatic rings. The summed E-state index contributed by atoms with van der Waals surface area (Å²) in [7, 11) is 0. The van der Waals surface area contributed by atoms with Gasteiger partial charge in [-0.05, 0) is 68.2 Å². The number of fused-ring (bicyclic) bond motifs is 3. The fourth-order valence-corrected chi connectivity index (χ4v) is 4.67. The molecule has 4 atom stereocenters. The van der Waals surface area contributed by atoms with Crippen LogP contribution in [0.5, 0.6) is 5.75 Å². The Kier molecular flexibility index (Phi) is 3.71. The van der Waals surface area contributed by atoms with Crippen LogP contribution in [-0.2, 0) is 11.8 Å². The van der Waals surface area contributed by atoms with Crippen LogP contribution in [-0.4, -0.2) is 27.0 Å². The topological polar surface area (TPSA) is 60.7 Å². The lowest BCUT2D eigenvalue weighted by atomic mass is 9.52. The first-order chi connectivity index (χ1) is 10.4. The van der Waals surface area contributed by atoms with E-state index in [1.54, 1.807) is 13.0 Å². The third kappa shape index (κ3) is 2.14. The molecule has 0 aliphatic heterocycles. The zero-order chi connectivity index (χ0) is 16.0. The van der Waals surface area contributed by atoms with Gasteiger partial charge in [-0.2, -0.15) is 0 Å². The van der Waals surface area contributed by atoms with Crippen molar-refractivity contribution in [3.8, 4) is 17.6 Å². The maximum Gasteiger partial charge on any atom is 0.151 e. The van der Waals surface area contributed by atoms with Crippen molar-refractivity contribution in [3.05, 3.63) is 29.3 Å². The second kappa shape index (κ2) is 5.30. The van der Waals surface area contributed by atoms with Crippen molar-refractivity contribution in [1.82, 2.24) is 0 Å². The summed E-state index contributed by atoms with van der Waals surface area (Å²) < 4.78 is 0. The second-order valence-corrected chi connectivity index (χ2v) is 6.81. The lowest BCUT2D eigenvalue weighted by molar-refractivity contribution is -0.106. The fourth-order valence-electron chi connectivity index (χ4n) is 4.67. The maximum absolute atomic E-state index is 10.7.